The molecule has 0 amide bonds. The number of halogens is 4. The van der Waals surface area contributed by atoms with Gasteiger partial charge in [0.25, 0.3) is 0 Å². The predicted octanol–water partition coefficient (Wildman–Crippen LogP) is 1.55. The summed E-state index contributed by atoms with van der Waals surface area (Å²) in [6, 6.07) is -1.19. The van der Waals surface area contributed by atoms with E-state index in [0.29, 0.717) is 0 Å². The Labute approximate surface area is 79.5 Å². The van der Waals surface area contributed by atoms with Gasteiger partial charge in [0.2, 0.25) is 0 Å². The van der Waals surface area contributed by atoms with Crippen LogP contribution in [0, 0.1) is 0 Å². The highest BCUT2D eigenvalue weighted by atomic mass is 35.5. The number of alkyl halides is 3. The SMILES string of the molecule is Cl.N[C@@H](CCCC(F)(F)F)C(=O)O. The van der Waals surface area contributed by atoms with Gasteiger partial charge in [0.05, 0.1) is 0 Å². The van der Waals surface area contributed by atoms with Crippen LogP contribution in [0.2, 0.25) is 0 Å². The summed E-state index contributed by atoms with van der Waals surface area (Å²) in [6.07, 6.45) is -5.59. The molecule has 13 heavy (non-hydrogen) atoms. The number of carboxylic acids is 1. The first kappa shape index (κ1) is 15.0. The van der Waals surface area contributed by atoms with Crippen LogP contribution in [0.3, 0.4) is 0 Å². The third-order valence-electron chi connectivity index (χ3n) is 1.29. The molecular formula is C6H11ClF3NO2. The molecule has 0 saturated carbocycles. The molecule has 80 valence electrons. The van der Waals surface area contributed by atoms with Crippen LogP contribution in [0.15, 0.2) is 0 Å². The average molecular weight is 222 g/mol. The molecule has 0 radical (unpaired) electrons. The molecule has 0 aromatic rings. The van der Waals surface area contributed by atoms with Gasteiger partial charge in [-0.1, -0.05) is 0 Å². The number of hydrogen-bond donors (Lipinski definition) is 2. The summed E-state index contributed by atoms with van der Waals surface area (Å²) in [4.78, 5) is 10.0. The lowest BCUT2D eigenvalue weighted by molar-refractivity contribution is -0.142. The van der Waals surface area contributed by atoms with Crippen molar-refractivity contribution in [2.75, 3.05) is 0 Å². The van der Waals surface area contributed by atoms with Crippen LogP contribution in [0.1, 0.15) is 19.3 Å². The Morgan fingerprint density at radius 2 is 1.92 bits per heavy atom. The predicted molar refractivity (Wildman–Crippen MR) is 42.8 cm³/mol. The summed E-state index contributed by atoms with van der Waals surface area (Å²) >= 11 is 0. The molecule has 3 N–H and O–H groups in total. The molecule has 0 aliphatic heterocycles. The zero-order valence-corrected chi connectivity index (χ0v) is 7.49. The Hall–Kier alpha value is -0.490. The molecule has 0 aliphatic carbocycles. The Balaban J connectivity index is 0. The van der Waals surface area contributed by atoms with Gasteiger partial charge in [-0.05, 0) is 12.8 Å². The largest absolute Gasteiger partial charge is 0.480 e. The van der Waals surface area contributed by atoms with Crippen LogP contribution < -0.4 is 5.73 Å². The highest BCUT2D eigenvalue weighted by Crippen LogP contribution is 2.22. The van der Waals surface area contributed by atoms with Crippen LogP contribution in [0.5, 0.6) is 0 Å². The van der Waals surface area contributed by atoms with E-state index in [4.69, 9.17) is 10.8 Å². The van der Waals surface area contributed by atoms with E-state index >= 15 is 0 Å². The highest BCUT2D eigenvalue weighted by molar-refractivity contribution is 5.85. The molecule has 0 heterocycles. The maximum Gasteiger partial charge on any atom is 0.389 e. The van der Waals surface area contributed by atoms with E-state index in [1.165, 1.54) is 0 Å². The average Bonchev–Trinajstić information content (AvgIpc) is 1.84. The van der Waals surface area contributed by atoms with Crippen LogP contribution in [0.4, 0.5) is 13.2 Å². The van der Waals surface area contributed by atoms with Crippen molar-refractivity contribution in [3.8, 4) is 0 Å². The van der Waals surface area contributed by atoms with Gasteiger partial charge in [0.15, 0.2) is 0 Å². The minimum Gasteiger partial charge on any atom is -0.480 e. The normalized spacial score (nSPS) is 13.2. The molecule has 0 bridgehead atoms. The van der Waals surface area contributed by atoms with Gasteiger partial charge in [0.1, 0.15) is 6.04 Å². The number of nitrogens with two attached hydrogens (primary N) is 1. The molecular weight excluding hydrogens is 211 g/mol. The molecule has 3 nitrogen and oxygen atoms in total. The van der Waals surface area contributed by atoms with E-state index in [9.17, 15) is 18.0 Å². The lowest BCUT2D eigenvalue weighted by Gasteiger charge is -2.07. The van der Waals surface area contributed by atoms with Crippen molar-refractivity contribution in [3.05, 3.63) is 0 Å². The van der Waals surface area contributed by atoms with Crippen molar-refractivity contribution in [3.63, 3.8) is 0 Å². The van der Waals surface area contributed by atoms with Crippen molar-refractivity contribution < 1.29 is 23.1 Å². The van der Waals surface area contributed by atoms with Gasteiger partial charge >= 0.3 is 12.1 Å². The molecule has 1 atom stereocenters. The van der Waals surface area contributed by atoms with Gasteiger partial charge in [-0.3, -0.25) is 4.79 Å². The summed E-state index contributed by atoms with van der Waals surface area (Å²) in [7, 11) is 0. The second kappa shape index (κ2) is 6.04. The lowest BCUT2D eigenvalue weighted by atomic mass is 10.1. The lowest BCUT2D eigenvalue weighted by Crippen LogP contribution is -2.30. The molecule has 0 aromatic heterocycles. The summed E-state index contributed by atoms with van der Waals surface area (Å²) in [5.41, 5.74) is 4.98. The fourth-order valence-electron chi connectivity index (χ4n) is 0.646. The number of carbonyl (C=O) groups is 1. The number of rotatable bonds is 4. The maximum atomic E-state index is 11.5. The summed E-state index contributed by atoms with van der Waals surface area (Å²) in [6.45, 7) is 0. The van der Waals surface area contributed by atoms with Crippen LogP contribution in [0.25, 0.3) is 0 Å². The zero-order chi connectivity index (χ0) is 9.78. The van der Waals surface area contributed by atoms with Crippen molar-refractivity contribution in [1.82, 2.24) is 0 Å². The molecule has 0 spiro atoms. The fraction of sp³-hybridized carbons (Fsp3) is 0.833. The minimum absolute atomic E-state index is 0. The molecule has 0 saturated heterocycles. The van der Waals surface area contributed by atoms with Crippen LogP contribution >= 0.6 is 12.4 Å². The first-order valence-electron chi connectivity index (χ1n) is 3.38. The van der Waals surface area contributed by atoms with E-state index in [-0.39, 0.29) is 25.2 Å². The van der Waals surface area contributed by atoms with Crippen molar-refractivity contribution >= 4 is 18.4 Å². The second-order valence-electron chi connectivity index (χ2n) is 2.45. The van der Waals surface area contributed by atoms with Gasteiger partial charge in [-0.2, -0.15) is 13.2 Å². The number of aliphatic carboxylic acids is 1. The fourth-order valence-corrected chi connectivity index (χ4v) is 0.646. The molecule has 0 unspecified atom stereocenters. The number of carboxylic acid groups (broad SMARTS) is 1. The van der Waals surface area contributed by atoms with E-state index in [1.807, 2.05) is 0 Å². The molecule has 0 fully saturated rings. The Morgan fingerprint density at radius 1 is 1.46 bits per heavy atom. The minimum atomic E-state index is -4.22. The molecule has 0 rings (SSSR count). The van der Waals surface area contributed by atoms with Crippen molar-refractivity contribution in [2.24, 2.45) is 5.73 Å². The first-order valence-corrected chi connectivity index (χ1v) is 3.38. The second-order valence-corrected chi connectivity index (χ2v) is 2.45. The van der Waals surface area contributed by atoms with E-state index in [0.717, 1.165) is 0 Å². The van der Waals surface area contributed by atoms with E-state index in [1.54, 1.807) is 0 Å². The maximum absolute atomic E-state index is 11.5. The van der Waals surface area contributed by atoms with Gasteiger partial charge in [-0.25, -0.2) is 0 Å². The quantitative estimate of drug-likeness (QED) is 0.757. The smallest absolute Gasteiger partial charge is 0.389 e. The van der Waals surface area contributed by atoms with Crippen LogP contribution in [-0.4, -0.2) is 23.3 Å². The summed E-state index contributed by atoms with van der Waals surface area (Å²) < 4.78 is 34.6. The van der Waals surface area contributed by atoms with Crippen LogP contribution in [-0.2, 0) is 4.79 Å². The van der Waals surface area contributed by atoms with Crippen molar-refractivity contribution in [2.45, 2.75) is 31.5 Å². The monoisotopic (exact) mass is 221 g/mol. The van der Waals surface area contributed by atoms with E-state index in [2.05, 4.69) is 0 Å². The highest BCUT2D eigenvalue weighted by Gasteiger charge is 2.26. The Bertz CT molecular complexity index is 162. The summed E-state index contributed by atoms with van der Waals surface area (Å²) in [5, 5.41) is 8.21. The van der Waals surface area contributed by atoms with Crippen molar-refractivity contribution in [1.29, 1.82) is 0 Å². The molecule has 0 aromatic carbocycles. The van der Waals surface area contributed by atoms with Gasteiger partial charge in [-0.15, -0.1) is 12.4 Å². The molecule has 0 aliphatic rings. The third-order valence-corrected chi connectivity index (χ3v) is 1.29. The van der Waals surface area contributed by atoms with Gasteiger partial charge < -0.3 is 10.8 Å². The Morgan fingerprint density at radius 3 is 2.23 bits per heavy atom. The molecule has 7 heteroatoms. The topological polar surface area (TPSA) is 63.3 Å². The van der Waals surface area contributed by atoms with E-state index < -0.39 is 24.6 Å². The van der Waals surface area contributed by atoms with Gasteiger partial charge in [0, 0.05) is 6.42 Å². The standard InChI is InChI=1S/C6H10F3NO2.ClH/c7-6(8,9)3-1-2-4(10)5(11)12;/h4H,1-3,10H2,(H,11,12);1H/t4-;/m0./s1. The Kier molecular flexibility index (Phi) is 6.97. The summed E-state index contributed by atoms with van der Waals surface area (Å²) in [5.74, 6) is -1.27. The third kappa shape index (κ3) is 9.42. The number of hydrogen-bond acceptors (Lipinski definition) is 2. The first-order chi connectivity index (χ1) is 5.33. The zero-order valence-electron chi connectivity index (χ0n) is 6.67.